The molecule has 0 radical (unpaired) electrons. The summed E-state index contributed by atoms with van der Waals surface area (Å²) < 4.78 is 13.1. The predicted molar refractivity (Wildman–Crippen MR) is 95.1 cm³/mol. The van der Waals surface area contributed by atoms with Crippen LogP contribution in [-0.4, -0.2) is 47.6 Å². The quantitative estimate of drug-likeness (QED) is 0.769. The van der Waals surface area contributed by atoms with E-state index in [0.29, 0.717) is 5.75 Å². The van der Waals surface area contributed by atoms with E-state index >= 15 is 0 Å². The summed E-state index contributed by atoms with van der Waals surface area (Å²) in [5.41, 5.74) is 1.73. The van der Waals surface area contributed by atoms with Crippen LogP contribution >= 0.6 is 0 Å². The lowest BCUT2D eigenvalue weighted by Gasteiger charge is -2.19. The largest absolute Gasteiger partial charge is 0.504 e. The van der Waals surface area contributed by atoms with Gasteiger partial charge >= 0.3 is 0 Å². The van der Waals surface area contributed by atoms with Crippen LogP contribution in [0.2, 0.25) is 0 Å². The summed E-state index contributed by atoms with van der Waals surface area (Å²) in [6.07, 6.45) is 2.47. The van der Waals surface area contributed by atoms with Crippen LogP contribution in [0, 0.1) is 0 Å². The third-order valence-corrected chi connectivity index (χ3v) is 4.82. The fourth-order valence-corrected chi connectivity index (χ4v) is 3.50. The summed E-state index contributed by atoms with van der Waals surface area (Å²) >= 11 is 0. The van der Waals surface area contributed by atoms with Crippen molar-refractivity contribution >= 4 is 5.82 Å². The van der Waals surface area contributed by atoms with Gasteiger partial charge in [0, 0.05) is 31.8 Å². The number of nitrogens with zero attached hydrogens (tertiary/aromatic N) is 2. The summed E-state index contributed by atoms with van der Waals surface area (Å²) in [5, 5.41) is 17.0. The highest BCUT2D eigenvalue weighted by Crippen LogP contribution is 2.35. The number of benzene rings is 1. The van der Waals surface area contributed by atoms with Gasteiger partial charge in [0.15, 0.2) is 11.5 Å². The zero-order valence-corrected chi connectivity index (χ0v) is 14.4. The number of rotatable bonds is 5. The maximum absolute atomic E-state index is 10.1. The molecule has 0 bridgehead atoms. The van der Waals surface area contributed by atoms with E-state index in [1.54, 1.807) is 19.2 Å². The number of methoxy groups -OCH3 is 1. The predicted octanol–water partition coefficient (Wildman–Crippen LogP) is 1.96. The Morgan fingerprint density at radius 2 is 2.40 bits per heavy atom. The molecule has 0 aliphatic carbocycles. The van der Waals surface area contributed by atoms with Crippen LogP contribution in [-0.2, 0) is 17.8 Å². The summed E-state index contributed by atoms with van der Waals surface area (Å²) in [5.74, 6) is 2.58. The molecule has 1 aromatic carbocycles. The summed E-state index contributed by atoms with van der Waals surface area (Å²) in [6.45, 7) is 4.16. The smallest absolute Gasteiger partial charge is 0.160 e. The fourth-order valence-electron chi connectivity index (χ4n) is 3.50. The molecular weight excluding hydrogens is 320 g/mol. The molecule has 1 aromatic heterocycles. The van der Waals surface area contributed by atoms with Crippen molar-refractivity contribution in [2.24, 2.45) is 0 Å². The van der Waals surface area contributed by atoms with Crippen molar-refractivity contribution in [3.8, 4) is 22.8 Å². The SMILES string of the molecule is COc1ccc(-c2nc3n(c2NC[C@@H]2CCCO2)CCNC3)cc1O. The average molecular weight is 344 g/mol. The lowest BCUT2D eigenvalue weighted by atomic mass is 10.1. The molecule has 0 unspecified atom stereocenters. The maximum Gasteiger partial charge on any atom is 0.160 e. The van der Waals surface area contributed by atoms with E-state index in [0.717, 1.165) is 68.5 Å². The molecule has 2 aliphatic heterocycles. The van der Waals surface area contributed by atoms with Gasteiger partial charge in [-0.25, -0.2) is 4.98 Å². The second kappa shape index (κ2) is 6.93. The number of hydrogen-bond acceptors (Lipinski definition) is 6. The van der Waals surface area contributed by atoms with Crippen molar-refractivity contribution < 1.29 is 14.6 Å². The first-order chi connectivity index (χ1) is 12.3. The Hall–Kier alpha value is -2.25. The van der Waals surface area contributed by atoms with E-state index in [2.05, 4.69) is 15.2 Å². The highest BCUT2D eigenvalue weighted by molar-refractivity contribution is 5.75. The van der Waals surface area contributed by atoms with Gasteiger partial charge in [-0.2, -0.15) is 0 Å². The Morgan fingerprint density at radius 3 is 3.16 bits per heavy atom. The van der Waals surface area contributed by atoms with Crippen LogP contribution < -0.4 is 15.4 Å². The molecule has 1 fully saturated rings. The third kappa shape index (κ3) is 3.17. The number of imidazole rings is 1. The zero-order chi connectivity index (χ0) is 17.2. The molecule has 2 aliphatic rings. The molecule has 3 heterocycles. The van der Waals surface area contributed by atoms with Gasteiger partial charge in [0.25, 0.3) is 0 Å². The lowest BCUT2D eigenvalue weighted by Crippen LogP contribution is -2.29. The number of anilines is 1. The van der Waals surface area contributed by atoms with Crippen LogP contribution in [0.3, 0.4) is 0 Å². The van der Waals surface area contributed by atoms with E-state index in [9.17, 15) is 5.11 Å². The minimum atomic E-state index is 0.120. The topological polar surface area (TPSA) is 80.6 Å². The minimum Gasteiger partial charge on any atom is -0.504 e. The normalized spacial score (nSPS) is 19.6. The molecule has 3 N–H and O–H groups in total. The number of aromatic hydroxyl groups is 1. The second-order valence-electron chi connectivity index (χ2n) is 6.46. The number of fused-ring (bicyclic) bond motifs is 1. The molecule has 7 nitrogen and oxygen atoms in total. The molecule has 2 aromatic rings. The summed E-state index contributed by atoms with van der Waals surface area (Å²) in [4.78, 5) is 4.81. The van der Waals surface area contributed by atoms with E-state index in [-0.39, 0.29) is 11.9 Å². The number of ether oxygens (including phenoxy) is 2. The summed E-state index contributed by atoms with van der Waals surface area (Å²) in [6, 6.07) is 5.40. The Labute approximate surface area is 147 Å². The Kier molecular flexibility index (Phi) is 4.50. The van der Waals surface area contributed by atoms with Crippen LogP contribution in [0.4, 0.5) is 5.82 Å². The summed E-state index contributed by atoms with van der Waals surface area (Å²) in [7, 11) is 1.55. The van der Waals surface area contributed by atoms with E-state index < -0.39 is 0 Å². The first-order valence-corrected chi connectivity index (χ1v) is 8.79. The van der Waals surface area contributed by atoms with E-state index in [4.69, 9.17) is 14.5 Å². The van der Waals surface area contributed by atoms with Gasteiger partial charge in [-0.05, 0) is 31.0 Å². The van der Waals surface area contributed by atoms with Gasteiger partial charge in [-0.3, -0.25) is 0 Å². The van der Waals surface area contributed by atoms with Gasteiger partial charge in [0.05, 0.1) is 19.8 Å². The van der Waals surface area contributed by atoms with Crippen molar-refractivity contribution in [1.82, 2.24) is 14.9 Å². The maximum atomic E-state index is 10.1. The number of aromatic nitrogens is 2. The molecule has 1 saturated heterocycles. The first-order valence-electron chi connectivity index (χ1n) is 8.79. The van der Waals surface area contributed by atoms with Gasteiger partial charge in [0.2, 0.25) is 0 Å². The Balaban J connectivity index is 1.68. The monoisotopic (exact) mass is 344 g/mol. The van der Waals surface area contributed by atoms with Gasteiger partial charge in [0.1, 0.15) is 17.3 Å². The molecule has 0 saturated carbocycles. The average Bonchev–Trinajstić information content (AvgIpc) is 3.27. The van der Waals surface area contributed by atoms with Crippen LogP contribution in [0.1, 0.15) is 18.7 Å². The number of phenolic OH excluding ortho intramolecular Hbond substituents is 1. The number of phenols is 1. The van der Waals surface area contributed by atoms with E-state index in [1.807, 2.05) is 6.07 Å². The van der Waals surface area contributed by atoms with Gasteiger partial charge in [-0.15, -0.1) is 0 Å². The fraction of sp³-hybridized carbons (Fsp3) is 0.500. The van der Waals surface area contributed by atoms with Crippen molar-refractivity contribution in [2.45, 2.75) is 32.0 Å². The standard InChI is InChI=1S/C18H24N4O3/c1-24-15-5-4-12(9-14(15)23)17-18(20-10-13-3-2-8-25-13)22-7-6-19-11-16(22)21-17/h4-5,9,13,19-20,23H,2-3,6-8,10-11H2,1H3/t13-/m0/s1. The Morgan fingerprint density at radius 1 is 1.48 bits per heavy atom. The van der Waals surface area contributed by atoms with Gasteiger partial charge in [-0.1, -0.05) is 0 Å². The first kappa shape index (κ1) is 16.2. The number of nitrogens with one attached hydrogen (secondary N) is 2. The third-order valence-electron chi connectivity index (χ3n) is 4.82. The van der Waals surface area contributed by atoms with Crippen molar-refractivity contribution in [3.05, 3.63) is 24.0 Å². The van der Waals surface area contributed by atoms with E-state index in [1.165, 1.54) is 0 Å². The minimum absolute atomic E-state index is 0.120. The van der Waals surface area contributed by atoms with Crippen molar-refractivity contribution in [1.29, 1.82) is 0 Å². The number of hydrogen-bond donors (Lipinski definition) is 3. The molecule has 4 rings (SSSR count). The van der Waals surface area contributed by atoms with Crippen LogP contribution in [0.25, 0.3) is 11.3 Å². The Bertz CT molecular complexity index is 753. The molecule has 25 heavy (non-hydrogen) atoms. The molecule has 0 amide bonds. The van der Waals surface area contributed by atoms with Crippen molar-refractivity contribution in [2.75, 3.05) is 32.1 Å². The molecular formula is C18H24N4O3. The zero-order valence-electron chi connectivity index (χ0n) is 14.4. The van der Waals surface area contributed by atoms with Crippen molar-refractivity contribution in [3.63, 3.8) is 0 Å². The lowest BCUT2D eigenvalue weighted by molar-refractivity contribution is 0.120. The molecule has 0 spiro atoms. The highest BCUT2D eigenvalue weighted by atomic mass is 16.5. The second-order valence-corrected chi connectivity index (χ2v) is 6.46. The van der Waals surface area contributed by atoms with Gasteiger partial charge < -0.3 is 29.8 Å². The van der Waals surface area contributed by atoms with Crippen LogP contribution in [0.5, 0.6) is 11.5 Å². The highest BCUT2D eigenvalue weighted by Gasteiger charge is 2.23. The molecule has 1 atom stereocenters. The van der Waals surface area contributed by atoms with Crippen LogP contribution in [0.15, 0.2) is 18.2 Å². The molecule has 7 heteroatoms. The molecule has 134 valence electrons.